The van der Waals surface area contributed by atoms with Gasteiger partial charge in [0.05, 0.1) is 11.4 Å². The minimum absolute atomic E-state index is 0.726. The minimum atomic E-state index is 0.726. The van der Waals surface area contributed by atoms with Crippen LogP contribution in [0, 0.1) is 0 Å². The Morgan fingerprint density at radius 2 is 0.880 bits per heavy atom. The Morgan fingerprint density at radius 1 is 0.400 bits per heavy atom. The fourth-order valence-corrected chi connectivity index (χ4v) is 8.63. The molecule has 1 N–H and O–H groups in total. The second-order valence-corrected chi connectivity index (χ2v) is 13.5. The van der Waals surface area contributed by atoms with Crippen molar-refractivity contribution >= 4 is 32.8 Å². The lowest BCUT2D eigenvalue weighted by atomic mass is 9.87. The van der Waals surface area contributed by atoms with Gasteiger partial charge in [0, 0.05) is 12.7 Å². The van der Waals surface area contributed by atoms with Crippen LogP contribution in [0.4, 0.5) is 0 Å². The number of fused-ring (bicyclic) bond motifs is 6. The highest BCUT2D eigenvalue weighted by Crippen LogP contribution is 2.51. The predicted molar refractivity (Wildman–Crippen MR) is 209 cm³/mol. The second-order valence-electron chi connectivity index (χ2n) is 13.5. The number of dihydropyridines is 1. The molecule has 1 aromatic heterocycles. The molecule has 2 heteroatoms. The SMILES string of the molecule is C1=C(c2cc(-c3ccc4c5c(cccc35)-c3ccccc3-4)cc(-c3ccc4c5c(cccc35)-c3ccccc3-4)c2)CNC(c2ccccn2)=C1. The van der Waals surface area contributed by atoms with Gasteiger partial charge in [-0.1, -0.05) is 121 Å². The number of allylic oxidation sites excluding steroid dienone is 2. The first-order valence-electron chi connectivity index (χ1n) is 17.3. The summed E-state index contributed by atoms with van der Waals surface area (Å²) < 4.78 is 0. The van der Waals surface area contributed by atoms with Crippen molar-refractivity contribution in [1.29, 1.82) is 0 Å². The number of nitrogens with one attached hydrogen (secondary N) is 1. The van der Waals surface area contributed by atoms with Crippen LogP contribution in [-0.4, -0.2) is 11.5 Å². The highest BCUT2D eigenvalue weighted by molar-refractivity contribution is 6.20. The van der Waals surface area contributed by atoms with E-state index in [4.69, 9.17) is 0 Å². The molecule has 232 valence electrons. The Balaban J connectivity index is 1.14. The van der Waals surface area contributed by atoms with E-state index in [1.807, 2.05) is 18.3 Å². The molecule has 7 aromatic carbocycles. The van der Waals surface area contributed by atoms with Crippen molar-refractivity contribution in [2.24, 2.45) is 0 Å². The van der Waals surface area contributed by atoms with Crippen LogP contribution in [0.2, 0.25) is 0 Å². The van der Waals surface area contributed by atoms with Gasteiger partial charge < -0.3 is 5.32 Å². The van der Waals surface area contributed by atoms with Gasteiger partial charge in [-0.3, -0.25) is 4.98 Å². The zero-order valence-electron chi connectivity index (χ0n) is 27.2. The van der Waals surface area contributed by atoms with E-state index in [2.05, 4.69) is 156 Å². The molecule has 8 aromatic rings. The maximum atomic E-state index is 4.57. The van der Waals surface area contributed by atoms with Gasteiger partial charge in [-0.25, -0.2) is 0 Å². The molecule has 0 saturated heterocycles. The second kappa shape index (κ2) is 10.5. The monoisotopic (exact) mass is 634 g/mol. The third-order valence-electron chi connectivity index (χ3n) is 10.9. The third kappa shape index (κ3) is 3.93. The van der Waals surface area contributed by atoms with E-state index >= 15 is 0 Å². The number of pyridine rings is 1. The smallest absolute Gasteiger partial charge is 0.0861 e. The Bertz CT molecular complexity index is 2590. The zero-order chi connectivity index (χ0) is 32.8. The van der Waals surface area contributed by atoms with Crippen molar-refractivity contribution in [3.8, 4) is 66.8 Å². The normalized spacial score (nSPS) is 13.5. The summed E-state index contributed by atoms with van der Waals surface area (Å²) in [6.45, 7) is 0.726. The van der Waals surface area contributed by atoms with Crippen LogP contribution < -0.4 is 5.32 Å². The Morgan fingerprint density at radius 3 is 1.38 bits per heavy atom. The van der Waals surface area contributed by atoms with E-state index < -0.39 is 0 Å². The largest absolute Gasteiger partial charge is 0.379 e. The van der Waals surface area contributed by atoms with Gasteiger partial charge >= 0.3 is 0 Å². The topological polar surface area (TPSA) is 24.9 Å². The van der Waals surface area contributed by atoms with E-state index in [1.54, 1.807) is 0 Å². The highest BCUT2D eigenvalue weighted by Gasteiger charge is 2.25. The van der Waals surface area contributed by atoms with Crippen LogP contribution >= 0.6 is 0 Å². The van der Waals surface area contributed by atoms with Crippen LogP contribution in [0.5, 0.6) is 0 Å². The summed E-state index contributed by atoms with van der Waals surface area (Å²) in [5.74, 6) is 0. The van der Waals surface area contributed by atoms with Gasteiger partial charge in [0.1, 0.15) is 0 Å². The Labute approximate surface area is 290 Å². The van der Waals surface area contributed by atoms with E-state index in [0.717, 1.165) is 17.9 Å². The average molecular weight is 635 g/mol. The first-order valence-corrected chi connectivity index (χ1v) is 17.3. The van der Waals surface area contributed by atoms with E-state index in [0.29, 0.717) is 0 Å². The third-order valence-corrected chi connectivity index (χ3v) is 10.9. The maximum Gasteiger partial charge on any atom is 0.0861 e. The maximum absolute atomic E-state index is 4.57. The molecule has 0 atom stereocenters. The van der Waals surface area contributed by atoms with Gasteiger partial charge in [0.15, 0.2) is 0 Å². The van der Waals surface area contributed by atoms with Crippen LogP contribution in [0.25, 0.3) is 99.6 Å². The molecule has 0 amide bonds. The van der Waals surface area contributed by atoms with Crippen molar-refractivity contribution in [2.75, 3.05) is 6.54 Å². The lowest BCUT2D eigenvalue weighted by Crippen LogP contribution is -2.18. The van der Waals surface area contributed by atoms with Gasteiger partial charge in [-0.15, -0.1) is 0 Å². The summed E-state index contributed by atoms with van der Waals surface area (Å²) in [5.41, 5.74) is 20.0. The van der Waals surface area contributed by atoms with Crippen molar-refractivity contribution in [3.05, 3.63) is 175 Å². The van der Waals surface area contributed by atoms with Crippen LogP contribution in [0.15, 0.2) is 164 Å². The van der Waals surface area contributed by atoms with Crippen LogP contribution in [-0.2, 0) is 0 Å². The van der Waals surface area contributed by atoms with Crippen molar-refractivity contribution in [3.63, 3.8) is 0 Å². The van der Waals surface area contributed by atoms with E-state index in [1.165, 1.54) is 99.4 Å². The summed E-state index contributed by atoms with van der Waals surface area (Å²) in [5, 5.41) is 8.95. The quantitative estimate of drug-likeness (QED) is 0.208. The molecule has 11 rings (SSSR count). The fourth-order valence-electron chi connectivity index (χ4n) is 8.63. The first kappa shape index (κ1) is 27.4. The molecule has 2 aliphatic carbocycles. The average Bonchev–Trinajstić information content (AvgIpc) is 3.70. The minimum Gasteiger partial charge on any atom is -0.379 e. The first-order chi connectivity index (χ1) is 24.8. The molecule has 0 fully saturated rings. The molecule has 0 unspecified atom stereocenters. The van der Waals surface area contributed by atoms with Crippen molar-refractivity contribution < 1.29 is 0 Å². The number of hydrogen-bond donors (Lipinski definition) is 1. The van der Waals surface area contributed by atoms with Gasteiger partial charge in [-0.05, 0) is 136 Å². The molecular weight excluding hydrogens is 605 g/mol. The Hall–Kier alpha value is -6.51. The number of hydrogen-bond acceptors (Lipinski definition) is 2. The van der Waals surface area contributed by atoms with Crippen LogP contribution in [0.1, 0.15) is 11.3 Å². The van der Waals surface area contributed by atoms with Crippen molar-refractivity contribution in [2.45, 2.75) is 0 Å². The van der Waals surface area contributed by atoms with Gasteiger partial charge in [-0.2, -0.15) is 0 Å². The molecular formula is C48H30N2. The van der Waals surface area contributed by atoms with E-state index in [9.17, 15) is 0 Å². The number of rotatable bonds is 4. The lowest BCUT2D eigenvalue weighted by molar-refractivity contribution is 0.994. The summed E-state index contributed by atoms with van der Waals surface area (Å²) in [7, 11) is 0. The number of aromatic nitrogens is 1. The highest BCUT2D eigenvalue weighted by atomic mass is 14.9. The molecule has 2 nitrogen and oxygen atoms in total. The number of nitrogens with zero attached hydrogens (tertiary/aromatic N) is 1. The van der Waals surface area contributed by atoms with E-state index in [-0.39, 0.29) is 0 Å². The van der Waals surface area contributed by atoms with Gasteiger partial charge in [0.2, 0.25) is 0 Å². The number of benzene rings is 7. The molecule has 0 radical (unpaired) electrons. The summed E-state index contributed by atoms with van der Waals surface area (Å²) in [4.78, 5) is 4.57. The fraction of sp³-hybridized carbons (Fsp3) is 0.0208. The standard InChI is InChI=1S/C48H30N2/c1-3-11-37-35(9-1)41-15-7-13-39-33(19-21-43(37)47(39)41)31-25-30(29-18-23-46(50-28-29)45-17-5-6-24-49-45)26-32(27-31)34-20-22-44-38-12-4-2-10-36(38)42-16-8-14-40(34)48(42)44/h1-27,50H,28H2. The molecule has 3 aliphatic rings. The molecule has 0 bridgehead atoms. The molecule has 50 heavy (non-hydrogen) atoms. The summed E-state index contributed by atoms with van der Waals surface area (Å²) in [6.07, 6.45) is 6.28. The molecule has 0 spiro atoms. The summed E-state index contributed by atoms with van der Waals surface area (Å²) >= 11 is 0. The lowest BCUT2D eigenvalue weighted by Gasteiger charge is -2.20. The molecule has 2 heterocycles. The summed E-state index contributed by atoms with van der Waals surface area (Å²) in [6, 6.07) is 53.8. The molecule has 1 aliphatic heterocycles. The predicted octanol–water partition coefficient (Wildman–Crippen LogP) is 12.0. The zero-order valence-corrected chi connectivity index (χ0v) is 27.2. The Kier molecular flexibility index (Phi) is 5.76. The van der Waals surface area contributed by atoms with Crippen LogP contribution in [0.3, 0.4) is 0 Å². The van der Waals surface area contributed by atoms with Crippen molar-refractivity contribution in [1.82, 2.24) is 10.3 Å². The molecule has 0 saturated carbocycles. The van der Waals surface area contributed by atoms with Gasteiger partial charge in [0.25, 0.3) is 0 Å².